The molecule has 0 saturated heterocycles. The highest BCUT2D eigenvalue weighted by molar-refractivity contribution is 6.30. The van der Waals surface area contributed by atoms with Crippen LogP contribution in [0.5, 0.6) is 5.75 Å². The summed E-state index contributed by atoms with van der Waals surface area (Å²) in [7, 11) is 1.33. The summed E-state index contributed by atoms with van der Waals surface area (Å²) in [5.41, 5.74) is 6.02. The van der Waals surface area contributed by atoms with Crippen molar-refractivity contribution < 1.29 is 27.1 Å². The highest BCUT2D eigenvalue weighted by Gasteiger charge is 2.33. The largest absolute Gasteiger partial charge is 0.494 e. The van der Waals surface area contributed by atoms with Gasteiger partial charge in [-0.15, -0.1) is 0 Å². The van der Waals surface area contributed by atoms with Gasteiger partial charge >= 0.3 is 6.18 Å². The number of fused-ring (bicyclic) bond motifs is 1. The normalized spacial score (nSPS) is 11.6. The van der Waals surface area contributed by atoms with Crippen molar-refractivity contribution in [3.63, 3.8) is 0 Å². The van der Waals surface area contributed by atoms with E-state index in [2.05, 4.69) is 15.3 Å². The molecular formula is C24H20ClF3N4O3. The van der Waals surface area contributed by atoms with Crippen LogP contribution in [0.3, 0.4) is 0 Å². The standard InChI is InChI=1S/C24H20ClF3N4O3/c1-34-17-8-6-16(15-7-9-19(24(26,27)28)31-20(15)17)23-32-21(18(12-29)35-23)22(33)30-11-10-13-2-4-14(25)5-3-13/h2-9H,10-12,29H2,1H3,(H,30,33). The Labute approximate surface area is 203 Å². The zero-order valence-electron chi connectivity index (χ0n) is 18.4. The second-order valence-electron chi connectivity index (χ2n) is 7.53. The van der Waals surface area contributed by atoms with Crippen molar-refractivity contribution >= 4 is 28.4 Å². The van der Waals surface area contributed by atoms with E-state index >= 15 is 0 Å². The maximum Gasteiger partial charge on any atom is 0.433 e. The summed E-state index contributed by atoms with van der Waals surface area (Å²) in [5, 5.41) is 3.71. The van der Waals surface area contributed by atoms with Gasteiger partial charge in [-0.1, -0.05) is 23.7 Å². The number of amides is 1. The molecule has 0 spiro atoms. The number of carbonyl (C=O) groups is 1. The Hall–Kier alpha value is -3.63. The van der Waals surface area contributed by atoms with E-state index in [0.717, 1.165) is 11.6 Å². The summed E-state index contributed by atoms with van der Waals surface area (Å²) >= 11 is 5.88. The maximum absolute atomic E-state index is 13.2. The fourth-order valence-electron chi connectivity index (χ4n) is 3.54. The van der Waals surface area contributed by atoms with Crippen LogP contribution in [0.2, 0.25) is 5.02 Å². The number of hydrogen-bond acceptors (Lipinski definition) is 6. The molecule has 1 amide bonds. The summed E-state index contributed by atoms with van der Waals surface area (Å²) < 4.78 is 50.5. The van der Waals surface area contributed by atoms with E-state index in [4.69, 9.17) is 26.5 Å². The number of nitrogens with zero attached hydrogens (tertiary/aromatic N) is 2. The van der Waals surface area contributed by atoms with Crippen LogP contribution < -0.4 is 15.8 Å². The molecule has 0 aliphatic rings. The van der Waals surface area contributed by atoms with Crippen molar-refractivity contribution in [1.82, 2.24) is 15.3 Å². The number of benzene rings is 2. The second-order valence-corrected chi connectivity index (χ2v) is 7.97. The second kappa shape index (κ2) is 9.93. The third-order valence-electron chi connectivity index (χ3n) is 5.27. The number of nitrogens with one attached hydrogen (secondary N) is 1. The Morgan fingerprint density at radius 1 is 1.11 bits per heavy atom. The molecule has 0 aliphatic heterocycles. The zero-order valence-corrected chi connectivity index (χ0v) is 19.2. The van der Waals surface area contributed by atoms with E-state index in [1.54, 1.807) is 18.2 Å². The van der Waals surface area contributed by atoms with E-state index in [0.29, 0.717) is 28.9 Å². The Balaban J connectivity index is 1.63. The topological polar surface area (TPSA) is 103 Å². The summed E-state index contributed by atoms with van der Waals surface area (Å²) in [6.07, 6.45) is -4.05. The maximum atomic E-state index is 13.2. The highest BCUT2D eigenvalue weighted by atomic mass is 35.5. The van der Waals surface area contributed by atoms with Crippen molar-refractivity contribution in [3.8, 4) is 17.2 Å². The number of methoxy groups -OCH3 is 1. The molecular weight excluding hydrogens is 485 g/mol. The zero-order chi connectivity index (χ0) is 25.2. The Bertz CT molecular complexity index is 1370. The molecule has 11 heteroatoms. The molecule has 182 valence electrons. The molecule has 3 N–H and O–H groups in total. The summed E-state index contributed by atoms with van der Waals surface area (Å²) in [6.45, 7) is 0.236. The molecule has 4 aromatic rings. The Kier molecular flexibility index (Phi) is 6.95. The number of pyridine rings is 1. The van der Waals surface area contributed by atoms with Crippen LogP contribution in [0, 0.1) is 0 Å². The van der Waals surface area contributed by atoms with Crippen molar-refractivity contribution in [2.75, 3.05) is 13.7 Å². The smallest absolute Gasteiger partial charge is 0.433 e. The Morgan fingerprint density at radius 3 is 2.51 bits per heavy atom. The van der Waals surface area contributed by atoms with E-state index < -0.39 is 17.8 Å². The molecule has 7 nitrogen and oxygen atoms in total. The molecule has 0 fully saturated rings. The summed E-state index contributed by atoms with van der Waals surface area (Å²) in [5.74, 6) is -0.152. The van der Waals surface area contributed by atoms with Crippen molar-refractivity contribution in [1.29, 1.82) is 0 Å². The molecule has 2 heterocycles. The third-order valence-corrected chi connectivity index (χ3v) is 5.52. The van der Waals surface area contributed by atoms with Gasteiger partial charge in [0.25, 0.3) is 5.91 Å². The fraction of sp³-hybridized carbons (Fsp3) is 0.208. The minimum Gasteiger partial charge on any atom is -0.494 e. The van der Waals surface area contributed by atoms with Gasteiger partial charge in [0.1, 0.15) is 17.0 Å². The monoisotopic (exact) mass is 504 g/mol. The van der Waals surface area contributed by atoms with Gasteiger partial charge in [-0.25, -0.2) is 9.97 Å². The number of carbonyl (C=O) groups excluding carboxylic acids is 1. The summed E-state index contributed by atoms with van der Waals surface area (Å²) in [4.78, 5) is 20.8. The molecule has 0 radical (unpaired) electrons. The van der Waals surface area contributed by atoms with Crippen LogP contribution >= 0.6 is 11.6 Å². The lowest BCUT2D eigenvalue weighted by atomic mass is 10.1. The SMILES string of the molecule is COc1ccc(-c2nc(C(=O)NCCc3ccc(Cl)cc3)c(CN)o2)c2ccc(C(F)(F)F)nc12. The average molecular weight is 505 g/mol. The first-order valence-electron chi connectivity index (χ1n) is 10.5. The van der Waals surface area contributed by atoms with E-state index in [1.807, 2.05) is 12.1 Å². The predicted octanol–water partition coefficient (Wildman–Crippen LogP) is 5.00. The number of aromatic nitrogens is 2. The lowest BCUT2D eigenvalue weighted by molar-refractivity contribution is -0.140. The van der Waals surface area contributed by atoms with Crippen LogP contribution in [0.4, 0.5) is 13.2 Å². The number of oxazole rings is 1. The number of ether oxygens (including phenoxy) is 1. The minimum atomic E-state index is -4.62. The lowest BCUT2D eigenvalue weighted by Gasteiger charge is -2.11. The van der Waals surface area contributed by atoms with Gasteiger partial charge in [0, 0.05) is 22.5 Å². The summed E-state index contributed by atoms with van der Waals surface area (Å²) in [6, 6.07) is 12.4. The van der Waals surface area contributed by atoms with Crippen molar-refractivity contribution in [2.24, 2.45) is 5.73 Å². The number of hydrogen-bond donors (Lipinski definition) is 2. The number of alkyl halides is 3. The minimum absolute atomic E-state index is 0.00226. The quantitative estimate of drug-likeness (QED) is 0.367. The van der Waals surface area contributed by atoms with E-state index in [1.165, 1.54) is 19.2 Å². The molecule has 0 unspecified atom stereocenters. The van der Waals surface area contributed by atoms with Crippen molar-refractivity contribution in [3.05, 3.63) is 76.3 Å². The van der Waals surface area contributed by atoms with Crippen LogP contribution in [0.25, 0.3) is 22.4 Å². The van der Waals surface area contributed by atoms with Gasteiger partial charge in [0.2, 0.25) is 5.89 Å². The van der Waals surface area contributed by atoms with Crippen LogP contribution in [0.15, 0.2) is 52.9 Å². The van der Waals surface area contributed by atoms with Gasteiger partial charge < -0.3 is 20.2 Å². The van der Waals surface area contributed by atoms with Gasteiger partial charge in [0.15, 0.2) is 11.5 Å². The van der Waals surface area contributed by atoms with Gasteiger partial charge in [-0.2, -0.15) is 13.2 Å². The fourth-order valence-corrected chi connectivity index (χ4v) is 3.66. The van der Waals surface area contributed by atoms with Gasteiger partial charge in [-0.3, -0.25) is 4.79 Å². The highest BCUT2D eigenvalue weighted by Crippen LogP contribution is 2.36. The van der Waals surface area contributed by atoms with E-state index in [9.17, 15) is 18.0 Å². The Morgan fingerprint density at radius 2 is 1.86 bits per heavy atom. The number of halogens is 4. The predicted molar refractivity (Wildman–Crippen MR) is 124 cm³/mol. The third kappa shape index (κ3) is 5.23. The molecule has 0 saturated carbocycles. The van der Waals surface area contributed by atoms with Crippen LogP contribution in [-0.2, 0) is 19.1 Å². The number of rotatable bonds is 7. The first kappa shape index (κ1) is 24.5. The molecule has 0 aliphatic carbocycles. The van der Waals surface area contributed by atoms with Crippen LogP contribution in [-0.4, -0.2) is 29.5 Å². The van der Waals surface area contributed by atoms with Crippen molar-refractivity contribution in [2.45, 2.75) is 19.1 Å². The van der Waals surface area contributed by atoms with E-state index in [-0.39, 0.29) is 35.2 Å². The molecule has 35 heavy (non-hydrogen) atoms. The molecule has 2 aromatic heterocycles. The molecule has 0 atom stereocenters. The van der Waals surface area contributed by atoms with Gasteiger partial charge in [0.05, 0.1) is 13.7 Å². The molecule has 0 bridgehead atoms. The van der Waals surface area contributed by atoms with Gasteiger partial charge in [-0.05, 0) is 48.4 Å². The first-order valence-corrected chi connectivity index (χ1v) is 10.9. The lowest BCUT2D eigenvalue weighted by Crippen LogP contribution is -2.27. The molecule has 2 aromatic carbocycles. The molecule has 4 rings (SSSR count). The number of nitrogens with two attached hydrogens (primary N) is 1. The first-order chi connectivity index (χ1) is 16.7. The average Bonchev–Trinajstić information content (AvgIpc) is 3.28. The van der Waals surface area contributed by atoms with Crippen LogP contribution in [0.1, 0.15) is 27.5 Å².